The van der Waals surface area contributed by atoms with Crippen molar-refractivity contribution >= 4 is 23.8 Å². The molecule has 0 aromatic heterocycles. The van der Waals surface area contributed by atoms with E-state index in [1.165, 1.54) is 6.07 Å². The van der Waals surface area contributed by atoms with Crippen molar-refractivity contribution < 1.29 is 19.4 Å². The van der Waals surface area contributed by atoms with E-state index in [4.69, 9.17) is 4.74 Å². The van der Waals surface area contributed by atoms with Crippen molar-refractivity contribution in [3.63, 3.8) is 0 Å². The van der Waals surface area contributed by atoms with Crippen LogP contribution >= 0.6 is 0 Å². The van der Waals surface area contributed by atoms with Crippen LogP contribution in [0.3, 0.4) is 0 Å². The molecule has 96 valence electrons. The van der Waals surface area contributed by atoms with Gasteiger partial charge in [-0.25, -0.2) is 9.59 Å². The number of carboxylic acid groups (broad SMARTS) is 1. The number of aromatic carboxylic acids is 1. The van der Waals surface area contributed by atoms with Gasteiger partial charge in [-0.15, -0.1) is 0 Å². The lowest BCUT2D eigenvalue weighted by Gasteiger charge is -2.10. The molecule has 0 fully saturated rings. The maximum atomic E-state index is 11.3. The summed E-state index contributed by atoms with van der Waals surface area (Å²) < 4.78 is 4.72. The van der Waals surface area contributed by atoms with E-state index in [0.717, 1.165) is 0 Å². The van der Waals surface area contributed by atoms with E-state index in [1.54, 1.807) is 38.1 Å². The van der Waals surface area contributed by atoms with Crippen molar-refractivity contribution in [1.82, 2.24) is 0 Å². The average Bonchev–Trinajstić information content (AvgIpc) is 2.29. The van der Waals surface area contributed by atoms with Crippen molar-refractivity contribution in [3.8, 4) is 0 Å². The number of hydrogen-bond acceptors (Lipinski definition) is 3. The molecule has 0 heterocycles. The molecule has 0 aliphatic carbocycles. The SMILES string of the molecule is CC=Cc1cccc(NC(=O)OCC)c1C(=O)O. The molecule has 1 aromatic rings. The normalized spacial score (nSPS) is 10.3. The summed E-state index contributed by atoms with van der Waals surface area (Å²) in [7, 11) is 0. The van der Waals surface area contributed by atoms with Gasteiger partial charge in [-0.05, 0) is 25.5 Å². The Balaban J connectivity index is 3.14. The van der Waals surface area contributed by atoms with Gasteiger partial charge in [-0.2, -0.15) is 0 Å². The highest BCUT2D eigenvalue weighted by atomic mass is 16.5. The number of amides is 1. The number of carbonyl (C=O) groups is 2. The van der Waals surface area contributed by atoms with Crippen LogP contribution in [0.15, 0.2) is 24.3 Å². The van der Waals surface area contributed by atoms with Crippen LogP contribution in [0, 0.1) is 0 Å². The smallest absolute Gasteiger partial charge is 0.411 e. The number of anilines is 1. The van der Waals surface area contributed by atoms with E-state index in [-0.39, 0.29) is 17.9 Å². The number of ether oxygens (including phenoxy) is 1. The molecule has 0 bridgehead atoms. The van der Waals surface area contributed by atoms with Gasteiger partial charge in [0.15, 0.2) is 0 Å². The highest BCUT2D eigenvalue weighted by molar-refractivity contribution is 6.01. The van der Waals surface area contributed by atoms with E-state index in [1.807, 2.05) is 0 Å². The first kappa shape index (κ1) is 13.8. The Kier molecular flexibility index (Phi) is 4.92. The van der Waals surface area contributed by atoms with Crippen LogP contribution < -0.4 is 5.32 Å². The van der Waals surface area contributed by atoms with E-state index in [9.17, 15) is 14.7 Å². The van der Waals surface area contributed by atoms with Gasteiger partial charge in [0.2, 0.25) is 0 Å². The number of benzene rings is 1. The predicted octanol–water partition coefficient (Wildman–Crippen LogP) is 2.99. The zero-order valence-corrected chi connectivity index (χ0v) is 10.3. The van der Waals surface area contributed by atoms with Gasteiger partial charge in [0, 0.05) is 0 Å². The van der Waals surface area contributed by atoms with Crippen LogP contribution in [-0.4, -0.2) is 23.8 Å². The molecule has 0 aliphatic rings. The van der Waals surface area contributed by atoms with Gasteiger partial charge in [0.25, 0.3) is 0 Å². The minimum Gasteiger partial charge on any atom is -0.478 e. The highest BCUT2D eigenvalue weighted by Crippen LogP contribution is 2.21. The monoisotopic (exact) mass is 249 g/mol. The topological polar surface area (TPSA) is 75.6 Å². The summed E-state index contributed by atoms with van der Waals surface area (Å²) in [5.74, 6) is -1.10. The Morgan fingerprint density at radius 2 is 2.17 bits per heavy atom. The molecule has 0 aliphatic heterocycles. The number of carbonyl (C=O) groups excluding carboxylic acids is 1. The Labute approximate surface area is 105 Å². The van der Waals surface area contributed by atoms with Gasteiger partial charge >= 0.3 is 12.1 Å². The molecule has 5 nitrogen and oxygen atoms in total. The molecular formula is C13H15NO4. The molecule has 0 saturated heterocycles. The molecule has 0 radical (unpaired) electrons. The molecule has 0 atom stereocenters. The number of allylic oxidation sites excluding steroid dienone is 1. The minimum absolute atomic E-state index is 0.0450. The molecule has 18 heavy (non-hydrogen) atoms. The minimum atomic E-state index is -1.10. The van der Waals surface area contributed by atoms with Crippen LogP contribution in [0.2, 0.25) is 0 Å². The van der Waals surface area contributed by atoms with Crippen LogP contribution in [0.5, 0.6) is 0 Å². The lowest BCUT2D eigenvalue weighted by Crippen LogP contribution is -2.16. The molecule has 1 aromatic carbocycles. The third-order valence-corrected chi connectivity index (χ3v) is 2.17. The third kappa shape index (κ3) is 3.35. The van der Waals surface area contributed by atoms with Crippen molar-refractivity contribution in [2.75, 3.05) is 11.9 Å². The Bertz CT molecular complexity index is 480. The lowest BCUT2D eigenvalue weighted by molar-refractivity contribution is 0.0698. The van der Waals surface area contributed by atoms with Gasteiger partial charge < -0.3 is 9.84 Å². The molecular weight excluding hydrogens is 234 g/mol. The molecule has 0 unspecified atom stereocenters. The quantitative estimate of drug-likeness (QED) is 0.860. The van der Waals surface area contributed by atoms with Gasteiger partial charge in [0.1, 0.15) is 0 Å². The van der Waals surface area contributed by atoms with Crippen molar-refractivity contribution in [2.45, 2.75) is 13.8 Å². The second-order valence-corrected chi connectivity index (χ2v) is 3.42. The van der Waals surface area contributed by atoms with E-state index in [2.05, 4.69) is 5.32 Å². The van der Waals surface area contributed by atoms with Gasteiger partial charge in [0.05, 0.1) is 17.9 Å². The maximum absolute atomic E-state index is 11.3. The first-order chi connectivity index (χ1) is 8.60. The van der Waals surface area contributed by atoms with Gasteiger partial charge in [-0.1, -0.05) is 24.3 Å². The lowest BCUT2D eigenvalue weighted by atomic mass is 10.0. The summed E-state index contributed by atoms with van der Waals surface area (Å²) in [5.41, 5.74) is 0.791. The molecule has 0 spiro atoms. The fourth-order valence-electron chi connectivity index (χ4n) is 1.51. The van der Waals surface area contributed by atoms with Crippen LogP contribution in [0.4, 0.5) is 10.5 Å². The Morgan fingerprint density at radius 1 is 1.44 bits per heavy atom. The predicted molar refractivity (Wildman–Crippen MR) is 68.8 cm³/mol. The number of hydrogen-bond donors (Lipinski definition) is 2. The van der Waals surface area contributed by atoms with Crippen LogP contribution in [-0.2, 0) is 4.74 Å². The van der Waals surface area contributed by atoms with E-state index in [0.29, 0.717) is 5.56 Å². The highest BCUT2D eigenvalue weighted by Gasteiger charge is 2.15. The van der Waals surface area contributed by atoms with Gasteiger partial charge in [-0.3, -0.25) is 5.32 Å². The summed E-state index contributed by atoms with van der Waals surface area (Å²) in [6.45, 7) is 3.69. The zero-order chi connectivity index (χ0) is 13.5. The second kappa shape index (κ2) is 6.44. The average molecular weight is 249 g/mol. The summed E-state index contributed by atoms with van der Waals surface area (Å²) in [4.78, 5) is 22.5. The van der Waals surface area contributed by atoms with Crippen molar-refractivity contribution in [1.29, 1.82) is 0 Å². The molecule has 0 saturated carbocycles. The zero-order valence-electron chi connectivity index (χ0n) is 10.3. The van der Waals surface area contributed by atoms with E-state index < -0.39 is 12.1 Å². The molecule has 2 N–H and O–H groups in total. The fraction of sp³-hybridized carbons (Fsp3) is 0.231. The largest absolute Gasteiger partial charge is 0.478 e. The maximum Gasteiger partial charge on any atom is 0.411 e. The summed E-state index contributed by atoms with van der Waals surface area (Å²) in [5, 5.41) is 11.6. The van der Waals surface area contributed by atoms with E-state index >= 15 is 0 Å². The number of carboxylic acids is 1. The fourth-order valence-corrected chi connectivity index (χ4v) is 1.51. The summed E-state index contributed by atoms with van der Waals surface area (Å²) >= 11 is 0. The molecule has 1 rings (SSSR count). The van der Waals surface area contributed by atoms with Crippen molar-refractivity contribution in [2.24, 2.45) is 0 Å². The third-order valence-electron chi connectivity index (χ3n) is 2.17. The first-order valence-corrected chi connectivity index (χ1v) is 5.53. The molecule has 1 amide bonds. The van der Waals surface area contributed by atoms with Crippen LogP contribution in [0.25, 0.3) is 6.08 Å². The molecule has 5 heteroatoms. The standard InChI is InChI=1S/C13H15NO4/c1-3-6-9-7-5-8-10(11(9)12(15)16)14-13(17)18-4-2/h3,5-8H,4H2,1-2H3,(H,14,17)(H,15,16). The Morgan fingerprint density at radius 3 is 2.72 bits per heavy atom. The van der Waals surface area contributed by atoms with Crippen molar-refractivity contribution in [3.05, 3.63) is 35.4 Å². The number of rotatable bonds is 4. The number of nitrogens with one attached hydrogen (secondary N) is 1. The van der Waals surface area contributed by atoms with Crippen LogP contribution in [0.1, 0.15) is 29.8 Å². The summed E-state index contributed by atoms with van der Waals surface area (Å²) in [6, 6.07) is 4.86. The first-order valence-electron chi connectivity index (χ1n) is 5.53. The Hall–Kier alpha value is -2.30. The second-order valence-electron chi connectivity index (χ2n) is 3.42. The summed E-state index contributed by atoms with van der Waals surface area (Å²) in [6.07, 6.45) is 2.73.